The normalized spacial score (nSPS) is 13.4. The molecule has 2 atom stereocenters. The fourth-order valence-electron chi connectivity index (χ4n) is 6.34. The number of allylic oxidation sites excluding steroid dienone is 2. The number of esters is 2. The highest BCUT2D eigenvalue weighted by Gasteiger charge is 2.26. The second kappa shape index (κ2) is 40.4. The zero-order valence-corrected chi connectivity index (χ0v) is 35.4. The number of hydrogen-bond acceptors (Lipinski definition) is 8. The van der Waals surface area contributed by atoms with E-state index < -0.39 is 26.5 Å². The molecule has 3 N–H and O–H groups in total. The van der Waals surface area contributed by atoms with E-state index in [-0.39, 0.29) is 38.6 Å². The van der Waals surface area contributed by atoms with Gasteiger partial charge in [-0.1, -0.05) is 180 Å². The van der Waals surface area contributed by atoms with Crippen LogP contribution < -0.4 is 5.73 Å². The van der Waals surface area contributed by atoms with Gasteiger partial charge >= 0.3 is 19.8 Å². The quantitative estimate of drug-likeness (QED) is 0.0269. The molecule has 0 saturated carbocycles. The lowest BCUT2D eigenvalue weighted by Crippen LogP contribution is -2.29. The van der Waals surface area contributed by atoms with Crippen molar-refractivity contribution in [3.63, 3.8) is 0 Å². The maximum atomic E-state index is 12.6. The van der Waals surface area contributed by atoms with E-state index >= 15 is 0 Å². The molecule has 0 bridgehead atoms. The number of ether oxygens (including phenoxy) is 2. The lowest BCUT2D eigenvalue weighted by molar-refractivity contribution is -0.161. The molecule has 0 saturated heterocycles. The van der Waals surface area contributed by atoms with E-state index in [1.807, 2.05) is 0 Å². The number of rotatable bonds is 42. The minimum atomic E-state index is -4.37. The summed E-state index contributed by atoms with van der Waals surface area (Å²) in [5, 5.41) is 0. The summed E-state index contributed by atoms with van der Waals surface area (Å²) in [7, 11) is -4.37. The van der Waals surface area contributed by atoms with Gasteiger partial charge in [-0.25, -0.2) is 4.57 Å². The standard InChI is InChI=1S/C43H84NO8P/c1-3-5-7-9-11-13-15-17-19-20-22-23-25-27-29-31-33-35-42(45)49-39-41(40-51-53(47,48)50-38-37-44)52-43(46)36-34-32-30-28-26-24-21-18-16-14-12-10-8-6-4-2/h14,16,41H,3-13,15,17-40,44H2,1-2H3,(H,47,48)/b16-14-/t41-/m1/s1. The fourth-order valence-corrected chi connectivity index (χ4v) is 7.10. The Morgan fingerprint density at radius 1 is 0.547 bits per heavy atom. The minimum Gasteiger partial charge on any atom is -0.462 e. The summed E-state index contributed by atoms with van der Waals surface area (Å²) in [6.45, 7) is 3.75. The van der Waals surface area contributed by atoms with E-state index in [1.54, 1.807) is 0 Å². The molecule has 0 aliphatic carbocycles. The van der Waals surface area contributed by atoms with Crippen molar-refractivity contribution in [3.05, 3.63) is 12.2 Å². The number of phosphoric acid groups is 1. The molecule has 0 fully saturated rings. The van der Waals surface area contributed by atoms with Gasteiger partial charge in [0.2, 0.25) is 0 Å². The Labute approximate surface area is 326 Å². The Morgan fingerprint density at radius 3 is 1.36 bits per heavy atom. The lowest BCUT2D eigenvalue weighted by atomic mass is 10.0. The smallest absolute Gasteiger partial charge is 0.462 e. The van der Waals surface area contributed by atoms with Crippen LogP contribution >= 0.6 is 7.82 Å². The first-order valence-electron chi connectivity index (χ1n) is 22.2. The molecule has 0 amide bonds. The predicted octanol–water partition coefficient (Wildman–Crippen LogP) is 12.6. The van der Waals surface area contributed by atoms with E-state index in [9.17, 15) is 19.0 Å². The van der Waals surface area contributed by atoms with Crippen LogP contribution in [0.1, 0.15) is 219 Å². The first kappa shape index (κ1) is 51.8. The van der Waals surface area contributed by atoms with Gasteiger partial charge in [0, 0.05) is 19.4 Å². The van der Waals surface area contributed by atoms with Crippen molar-refractivity contribution in [2.45, 2.75) is 225 Å². The zero-order chi connectivity index (χ0) is 38.9. The Kier molecular flexibility index (Phi) is 39.5. The summed E-state index contributed by atoms with van der Waals surface area (Å²) < 4.78 is 32.8. The summed E-state index contributed by atoms with van der Waals surface area (Å²) in [5.41, 5.74) is 5.35. The monoisotopic (exact) mass is 774 g/mol. The van der Waals surface area contributed by atoms with Gasteiger partial charge < -0.3 is 20.1 Å². The van der Waals surface area contributed by atoms with Crippen LogP contribution in [0.4, 0.5) is 0 Å². The highest BCUT2D eigenvalue weighted by atomic mass is 31.2. The van der Waals surface area contributed by atoms with Crippen molar-refractivity contribution in [2.24, 2.45) is 5.73 Å². The largest absolute Gasteiger partial charge is 0.472 e. The molecule has 0 aromatic carbocycles. The van der Waals surface area contributed by atoms with Gasteiger partial charge in [0.1, 0.15) is 6.61 Å². The highest BCUT2D eigenvalue weighted by Crippen LogP contribution is 2.43. The predicted molar refractivity (Wildman–Crippen MR) is 220 cm³/mol. The summed E-state index contributed by atoms with van der Waals surface area (Å²) >= 11 is 0. The lowest BCUT2D eigenvalue weighted by Gasteiger charge is -2.19. The van der Waals surface area contributed by atoms with Crippen molar-refractivity contribution in [1.82, 2.24) is 0 Å². The number of carbonyl (C=O) groups is 2. The van der Waals surface area contributed by atoms with Crippen LogP contribution in [-0.4, -0.2) is 49.3 Å². The number of nitrogens with two attached hydrogens (primary N) is 1. The molecule has 53 heavy (non-hydrogen) atoms. The molecule has 0 aliphatic heterocycles. The van der Waals surface area contributed by atoms with E-state index in [0.717, 1.165) is 44.9 Å². The number of unbranched alkanes of at least 4 members (excludes halogenated alkanes) is 27. The third-order valence-electron chi connectivity index (χ3n) is 9.65. The van der Waals surface area contributed by atoms with Crippen molar-refractivity contribution in [1.29, 1.82) is 0 Å². The molecule has 0 radical (unpaired) electrons. The second-order valence-corrected chi connectivity index (χ2v) is 16.4. The molecule has 0 aliphatic rings. The van der Waals surface area contributed by atoms with Crippen LogP contribution in [0.2, 0.25) is 0 Å². The molecule has 314 valence electrons. The Balaban J connectivity index is 4.10. The van der Waals surface area contributed by atoms with E-state index in [2.05, 4.69) is 26.0 Å². The summed E-state index contributed by atoms with van der Waals surface area (Å²) in [5.74, 6) is -0.822. The Hall–Kier alpha value is -1.25. The van der Waals surface area contributed by atoms with Gasteiger partial charge in [-0.3, -0.25) is 18.6 Å². The fraction of sp³-hybridized carbons (Fsp3) is 0.907. The number of hydrogen-bond donors (Lipinski definition) is 2. The maximum Gasteiger partial charge on any atom is 0.472 e. The van der Waals surface area contributed by atoms with Crippen molar-refractivity contribution in [3.8, 4) is 0 Å². The van der Waals surface area contributed by atoms with Gasteiger partial charge in [0.15, 0.2) is 6.10 Å². The molecule has 0 spiro atoms. The Morgan fingerprint density at radius 2 is 0.925 bits per heavy atom. The highest BCUT2D eigenvalue weighted by molar-refractivity contribution is 7.47. The average Bonchev–Trinajstić information content (AvgIpc) is 3.14. The van der Waals surface area contributed by atoms with Crippen LogP contribution in [0.5, 0.6) is 0 Å². The minimum absolute atomic E-state index is 0.0555. The SMILES string of the molecule is CCCCCC/C=C\CCCCCCCCCC(=O)O[C@H](COC(=O)CCCCCCCCCCCCCCCCCCC)COP(=O)(O)OCCN. The maximum absolute atomic E-state index is 12.6. The van der Waals surface area contributed by atoms with Crippen molar-refractivity contribution in [2.75, 3.05) is 26.4 Å². The molecule has 10 heteroatoms. The van der Waals surface area contributed by atoms with Crippen LogP contribution in [0.25, 0.3) is 0 Å². The van der Waals surface area contributed by atoms with Gasteiger partial charge in [-0.15, -0.1) is 0 Å². The number of carbonyl (C=O) groups excluding carboxylic acids is 2. The van der Waals surface area contributed by atoms with Crippen LogP contribution in [0, 0.1) is 0 Å². The Bertz CT molecular complexity index is 886. The zero-order valence-electron chi connectivity index (χ0n) is 34.5. The average molecular weight is 774 g/mol. The summed E-state index contributed by atoms with van der Waals surface area (Å²) in [6.07, 6.45) is 40.9. The third-order valence-corrected chi connectivity index (χ3v) is 10.6. The second-order valence-electron chi connectivity index (χ2n) is 14.9. The molecule has 0 aromatic heterocycles. The van der Waals surface area contributed by atoms with Gasteiger partial charge in [-0.05, 0) is 38.5 Å². The summed E-state index contributed by atoms with van der Waals surface area (Å²) in [6, 6.07) is 0. The third kappa shape index (κ3) is 40.2. The molecular formula is C43H84NO8P. The van der Waals surface area contributed by atoms with E-state index in [4.69, 9.17) is 24.3 Å². The van der Waals surface area contributed by atoms with Gasteiger partial charge in [0.25, 0.3) is 0 Å². The first-order valence-corrected chi connectivity index (χ1v) is 23.7. The molecule has 0 heterocycles. The molecule has 1 unspecified atom stereocenters. The van der Waals surface area contributed by atoms with Crippen LogP contribution in [-0.2, 0) is 32.7 Å². The first-order chi connectivity index (χ1) is 25.8. The summed E-state index contributed by atoms with van der Waals surface area (Å²) in [4.78, 5) is 34.9. The molecule has 0 aromatic rings. The molecule has 9 nitrogen and oxygen atoms in total. The van der Waals surface area contributed by atoms with Crippen LogP contribution in [0.3, 0.4) is 0 Å². The molecular weight excluding hydrogens is 689 g/mol. The topological polar surface area (TPSA) is 134 Å². The van der Waals surface area contributed by atoms with Gasteiger partial charge in [0.05, 0.1) is 13.2 Å². The molecule has 0 rings (SSSR count). The van der Waals surface area contributed by atoms with E-state index in [1.165, 1.54) is 141 Å². The van der Waals surface area contributed by atoms with Crippen LogP contribution in [0.15, 0.2) is 12.2 Å². The van der Waals surface area contributed by atoms with E-state index in [0.29, 0.717) is 6.42 Å². The van der Waals surface area contributed by atoms with Gasteiger partial charge in [-0.2, -0.15) is 0 Å². The van der Waals surface area contributed by atoms with Crippen molar-refractivity contribution >= 4 is 19.8 Å². The number of phosphoric ester groups is 1. The van der Waals surface area contributed by atoms with Crippen molar-refractivity contribution < 1.29 is 37.6 Å².